The van der Waals surface area contributed by atoms with Crippen LogP contribution in [0.3, 0.4) is 0 Å². The molecule has 2 nitrogen and oxygen atoms in total. The second kappa shape index (κ2) is 3.08. The molecule has 0 saturated carbocycles. The van der Waals surface area contributed by atoms with E-state index in [2.05, 4.69) is 58.5 Å². The first-order valence-corrected chi connectivity index (χ1v) is 5.68. The summed E-state index contributed by atoms with van der Waals surface area (Å²) in [7, 11) is 0. The number of hydrogen-bond donors (Lipinski definition) is 1. The van der Waals surface area contributed by atoms with Crippen molar-refractivity contribution in [3.05, 3.63) is 54.9 Å². The molecule has 0 aliphatic rings. The van der Waals surface area contributed by atoms with Crippen molar-refractivity contribution in [1.82, 2.24) is 9.97 Å². The number of H-pyrrole nitrogens is 1. The van der Waals surface area contributed by atoms with Crippen molar-refractivity contribution in [1.29, 1.82) is 0 Å². The average molecular weight is 218 g/mol. The second-order valence-electron chi connectivity index (χ2n) is 4.22. The zero-order valence-corrected chi connectivity index (χ0v) is 9.14. The molecule has 0 bridgehead atoms. The maximum Gasteiger partial charge on any atom is 0.0967 e. The highest BCUT2D eigenvalue weighted by Gasteiger charge is 2.08. The number of aromatic nitrogens is 2. The summed E-state index contributed by atoms with van der Waals surface area (Å²) in [6, 6.07) is 16.9. The van der Waals surface area contributed by atoms with E-state index in [0.717, 1.165) is 11.0 Å². The molecule has 1 heterocycles. The standard InChI is InChI=1S/C15H10N2/c1-3-7-12-10(5-1)11-6-2-4-8-13(11)15-14(12)16-9-17-15/h1-9H,(H,16,17). The lowest BCUT2D eigenvalue weighted by Crippen LogP contribution is -1.81. The van der Waals surface area contributed by atoms with E-state index in [4.69, 9.17) is 0 Å². The number of nitrogens with one attached hydrogen (secondary N) is 1. The average Bonchev–Trinajstić information content (AvgIpc) is 2.89. The third-order valence-corrected chi connectivity index (χ3v) is 3.31. The van der Waals surface area contributed by atoms with Gasteiger partial charge in [-0.05, 0) is 10.8 Å². The topological polar surface area (TPSA) is 28.7 Å². The Kier molecular flexibility index (Phi) is 1.59. The summed E-state index contributed by atoms with van der Waals surface area (Å²) in [5, 5.41) is 4.99. The molecule has 0 saturated heterocycles. The third kappa shape index (κ3) is 1.07. The van der Waals surface area contributed by atoms with Gasteiger partial charge in [0, 0.05) is 10.8 Å². The fourth-order valence-electron chi connectivity index (χ4n) is 2.56. The van der Waals surface area contributed by atoms with Gasteiger partial charge in [0.15, 0.2) is 0 Å². The van der Waals surface area contributed by atoms with Crippen molar-refractivity contribution in [2.24, 2.45) is 0 Å². The summed E-state index contributed by atoms with van der Waals surface area (Å²) in [4.78, 5) is 7.69. The van der Waals surface area contributed by atoms with Gasteiger partial charge in [-0.2, -0.15) is 0 Å². The van der Waals surface area contributed by atoms with Gasteiger partial charge in [-0.3, -0.25) is 0 Å². The minimum Gasteiger partial charge on any atom is -0.344 e. The van der Waals surface area contributed by atoms with Crippen LogP contribution in [0.5, 0.6) is 0 Å². The van der Waals surface area contributed by atoms with Crippen molar-refractivity contribution in [2.75, 3.05) is 0 Å². The van der Waals surface area contributed by atoms with Crippen LogP contribution >= 0.6 is 0 Å². The van der Waals surface area contributed by atoms with Crippen molar-refractivity contribution in [2.45, 2.75) is 0 Å². The fraction of sp³-hybridized carbons (Fsp3) is 0. The quantitative estimate of drug-likeness (QED) is 0.446. The summed E-state index contributed by atoms with van der Waals surface area (Å²) in [6.07, 6.45) is 1.77. The van der Waals surface area contributed by atoms with Gasteiger partial charge in [-0.1, -0.05) is 48.5 Å². The minimum atomic E-state index is 1.05. The molecule has 0 aliphatic carbocycles. The molecular weight excluding hydrogens is 208 g/mol. The lowest BCUT2D eigenvalue weighted by Gasteiger charge is -2.05. The van der Waals surface area contributed by atoms with E-state index in [9.17, 15) is 0 Å². The first-order chi connectivity index (χ1) is 8.45. The molecule has 4 aromatic rings. The number of hydrogen-bond acceptors (Lipinski definition) is 1. The predicted molar refractivity (Wildman–Crippen MR) is 71.1 cm³/mol. The summed E-state index contributed by atoms with van der Waals surface area (Å²) in [5.41, 5.74) is 2.18. The molecule has 17 heavy (non-hydrogen) atoms. The summed E-state index contributed by atoms with van der Waals surface area (Å²) < 4.78 is 0. The molecule has 0 spiro atoms. The first kappa shape index (κ1) is 8.76. The first-order valence-electron chi connectivity index (χ1n) is 5.68. The lowest BCUT2D eigenvalue weighted by atomic mass is 10.0. The van der Waals surface area contributed by atoms with Crippen molar-refractivity contribution < 1.29 is 0 Å². The smallest absolute Gasteiger partial charge is 0.0967 e. The molecule has 3 aromatic carbocycles. The van der Waals surface area contributed by atoms with Crippen molar-refractivity contribution >= 4 is 32.6 Å². The minimum absolute atomic E-state index is 1.05. The van der Waals surface area contributed by atoms with Gasteiger partial charge < -0.3 is 4.98 Å². The summed E-state index contributed by atoms with van der Waals surface area (Å²) in [5.74, 6) is 0. The van der Waals surface area contributed by atoms with Crippen molar-refractivity contribution in [3.63, 3.8) is 0 Å². The van der Waals surface area contributed by atoms with Gasteiger partial charge in [-0.25, -0.2) is 4.98 Å². The molecule has 0 aliphatic heterocycles. The molecule has 4 rings (SSSR count). The molecule has 1 aromatic heterocycles. The zero-order chi connectivity index (χ0) is 11.2. The number of aromatic amines is 1. The van der Waals surface area contributed by atoms with E-state index in [1.54, 1.807) is 6.33 Å². The van der Waals surface area contributed by atoms with Crippen LogP contribution in [-0.4, -0.2) is 9.97 Å². The number of fused-ring (bicyclic) bond motifs is 6. The highest BCUT2D eigenvalue weighted by Crippen LogP contribution is 2.32. The molecule has 0 amide bonds. The molecular formula is C15H10N2. The Morgan fingerprint density at radius 2 is 1.29 bits per heavy atom. The lowest BCUT2D eigenvalue weighted by molar-refractivity contribution is 1.35. The highest BCUT2D eigenvalue weighted by molar-refractivity contribution is 6.22. The fourth-order valence-corrected chi connectivity index (χ4v) is 2.56. The second-order valence-corrected chi connectivity index (χ2v) is 4.22. The van der Waals surface area contributed by atoms with Crippen LogP contribution in [0.1, 0.15) is 0 Å². The molecule has 1 N–H and O–H groups in total. The summed E-state index contributed by atoms with van der Waals surface area (Å²) >= 11 is 0. The van der Waals surface area contributed by atoms with E-state index in [1.807, 2.05) is 0 Å². The molecule has 0 fully saturated rings. The van der Waals surface area contributed by atoms with Crippen LogP contribution in [0.4, 0.5) is 0 Å². The zero-order valence-electron chi connectivity index (χ0n) is 9.14. The number of benzene rings is 3. The SMILES string of the molecule is c1ccc2c(c1)c1ccccc1c1[nH]cnc21. The van der Waals surface area contributed by atoms with Crippen LogP contribution in [0, 0.1) is 0 Å². The van der Waals surface area contributed by atoms with Crippen molar-refractivity contribution in [3.8, 4) is 0 Å². The van der Waals surface area contributed by atoms with E-state index in [-0.39, 0.29) is 0 Å². The van der Waals surface area contributed by atoms with Gasteiger partial charge >= 0.3 is 0 Å². The molecule has 0 radical (unpaired) electrons. The predicted octanol–water partition coefficient (Wildman–Crippen LogP) is 3.87. The number of rotatable bonds is 0. The number of nitrogens with zero attached hydrogens (tertiary/aromatic N) is 1. The van der Waals surface area contributed by atoms with Crippen LogP contribution in [0.15, 0.2) is 54.9 Å². The van der Waals surface area contributed by atoms with Crippen LogP contribution in [0.2, 0.25) is 0 Å². The molecule has 80 valence electrons. The van der Waals surface area contributed by atoms with E-state index < -0.39 is 0 Å². The Bertz CT molecular complexity index is 773. The third-order valence-electron chi connectivity index (χ3n) is 3.31. The van der Waals surface area contributed by atoms with Crippen LogP contribution in [-0.2, 0) is 0 Å². The maximum atomic E-state index is 4.44. The number of imidazole rings is 1. The van der Waals surface area contributed by atoms with E-state index in [0.29, 0.717) is 0 Å². The molecule has 0 atom stereocenters. The van der Waals surface area contributed by atoms with Crippen LogP contribution in [0.25, 0.3) is 32.6 Å². The largest absolute Gasteiger partial charge is 0.344 e. The Hall–Kier alpha value is -2.35. The Balaban J connectivity index is 2.48. The normalized spacial score (nSPS) is 11.5. The van der Waals surface area contributed by atoms with E-state index in [1.165, 1.54) is 21.5 Å². The molecule has 0 unspecified atom stereocenters. The van der Waals surface area contributed by atoms with E-state index >= 15 is 0 Å². The van der Waals surface area contributed by atoms with Gasteiger partial charge in [-0.15, -0.1) is 0 Å². The Morgan fingerprint density at radius 1 is 0.706 bits per heavy atom. The monoisotopic (exact) mass is 218 g/mol. The Labute approximate surface area is 97.9 Å². The van der Waals surface area contributed by atoms with Gasteiger partial charge in [0.25, 0.3) is 0 Å². The summed E-state index contributed by atoms with van der Waals surface area (Å²) in [6.45, 7) is 0. The van der Waals surface area contributed by atoms with Gasteiger partial charge in [0.05, 0.1) is 17.4 Å². The Morgan fingerprint density at radius 3 is 2.06 bits per heavy atom. The highest BCUT2D eigenvalue weighted by atomic mass is 14.9. The van der Waals surface area contributed by atoms with Gasteiger partial charge in [0.1, 0.15) is 0 Å². The van der Waals surface area contributed by atoms with Gasteiger partial charge in [0.2, 0.25) is 0 Å². The molecule has 2 heteroatoms. The van der Waals surface area contributed by atoms with Crippen LogP contribution < -0.4 is 0 Å². The maximum absolute atomic E-state index is 4.44.